The lowest BCUT2D eigenvalue weighted by Gasteiger charge is -2.27. The van der Waals surface area contributed by atoms with Gasteiger partial charge in [-0.05, 0) is 31.6 Å². The molecule has 0 aliphatic heterocycles. The van der Waals surface area contributed by atoms with Crippen LogP contribution in [0.25, 0.3) is 5.78 Å². The Labute approximate surface area is 123 Å². The van der Waals surface area contributed by atoms with Crippen LogP contribution >= 0.6 is 11.6 Å². The van der Waals surface area contributed by atoms with E-state index >= 15 is 0 Å². The van der Waals surface area contributed by atoms with Crippen LogP contribution in [0, 0.1) is 18.8 Å². The Morgan fingerprint density at radius 2 is 2.30 bits per heavy atom. The minimum atomic E-state index is 0.491. The maximum Gasteiger partial charge on any atom is 0.255 e. The molecule has 1 fully saturated rings. The number of nitrogens with one attached hydrogen (secondary N) is 1. The van der Waals surface area contributed by atoms with Gasteiger partial charge >= 0.3 is 0 Å². The predicted molar refractivity (Wildman–Crippen MR) is 80.1 cm³/mol. The number of nitrogens with zero attached hydrogens (tertiary/aromatic N) is 4. The van der Waals surface area contributed by atoms with Crippen molar-refractivity contribution in [1.82, 2.24) is 19.6 Å². The zero-order valence-corrected chi connectivity index (χ0v) is 12.7. The highest BCUT2D eigenvalue weighted by atomic mass is 35.5. The fourth-order valence-corrected chi connectivity index (χ4v) is 3.26. The molecule has 0 spiro atoms. The first-order chi connectivity index (χ1) is 9.65. The molecular weight excluding hydrogens is 274 g/mol. The lowest BCUT2D eigenvalue weighted by atomic mass is 9.82. The van der Waals surface area contributed by atoms with E-state index in [1.54, 1.807) is 4.52 Å². The third kappa shape index (κ3) is 2.59. The molecule has 2 aromatic rings. The third-order valence-electron chi connectivity index (χ3n) is 4.21. The Bertz CT molecular complexity index is 609. The van der Waals surface area contributed by atoms with Crippen molar-refractivity contribution in [3.8, 4) is 0 Å². The van der Waals surface area contributed by atoms with Gasteiger partial charge in [-0.3, -0.25) is 0 Å². The summed E-state index contributed by atoms with van der Waals surface area (Å²) in [4.78, 5) is 8.32. The van der Waals surface area contributed by atoms with Gasteiger partial charge in [0.05, 0.1) is 0 Å². The highest BCUT2D eigenvalue weighted by Crippen LogP contribution is 2.29. The molecule has 0 bridgehead atoms. The second-order valence-electron chi connectivity index (χ2n) is 5.87. The molecule has 3 rings (SSSR count). The summed E-state index contributed by atoms with van der Waals surface area (Å²) in [5, 5.41) is 8.22. The number of halogens is 1. The summed E-state index contributed by atoms with van der Waals surface area (Å²) < 4.78 is 1.73. The van der Waals surface area contributed by atoms with Gasteiger partial charge in [0.1, 0.15) is 17.3 Å². The van der Waals surface area contributed by atoms with E-state index in [9.17, 15) is 0 Å². The number of anilines is 1. The van der Waals surface area contributed by atoms with E-state index in [0.717, 1.165) is 29.8 Å². The van der Waals surface area contributed by atoms with Gasteiger partial charge in [0.2, 0.25) is 0 Å². The van der Waals surface area contributed by atoms with Crippen LogP contribution in [0.4, 0.5) is 5.82 Å². The summed E-state index contributed by atoms with van der Waals surface area (Å²) in [6, 6.07) is 0. The highest BCUT2D eigenvalue weighted by molar-refractivity contribution is 6.30. The largest absolute Gasteiger partial charge is 0.369 e. The van der Waals surface area contributed by atoms with Crippen molar-refractivity contribution < 1.29 is 0 Å². The molecule has 1 aliphatic rings. The van der Waals surface area contributed by atoms with Crippen molar-refractivity contribution in [3.05, 3.63) is 17.0 Å². The van der Waals surface area contributed by atoms with Gasteiger partial charge in [-0.1, -0.05) is 31.4 Å². The minimum absolute atomic E-state index is 0.491. The summed E-state index contributed by atoms with van der Waals surface area (Å²) in [6.45, 7) is 5.26. The van der Waals surface area contributed by atoms with Crippen molar-refractivity contribution in [2.45, 2.75) is 39.5 Å². The van der Waals surface area contributed by atoms with Crippen LogP contribution in [-0.2, 0) is 0 Å². The van der Waals surface area contributed by atoms with Gasteiger partial charge in [-0.25, -0.2) is 0 Å². The zero-order valence-electron chi connectivity index (χ0n) is 11.9. The summed E-state index contributed by atoms with van der Waals surface area (Å²) >= 11 is 6.16. The zero-order chi connectivity index (χ0) is 14.1. The molecule has 0 amide bonds. The average Bonchev–Trinajstić information content (AvgIpc) is 2.87. The SMILES string of the molecule is Cc1c(Cl)nc2ncnn2c1NCC1CCCC(C)C1. The molecule has 5 nitrogen and oxygen atoms in total. The first-order valence-electron chi connectivity index (χ1n) is 7.25. The molecule has 2 unspecified atom stereocenters. The van der Waals surface area contributed by atoms with E-state index in [1.165, 1.54) is 32.0 Å². The smallest absolute Gasteiger partial charge is 0.255 e. The van der Waals surface area contributed by atoms with Gasteiger partial charge in [0, 0.05) is 12.1 Å². The van der Waals surface area contributed by atoms with Gasteiger partial charge in [-0.2, -0.15) is 19.6 Å². The summed E-state index contributed by atoms with van der Waals surface area (Å²) in [7, 11) is 0. The van der Waals surface area contributed by atoms with E-state index in [-0.39, 0.29) is 0 Å². The Morgan fingerprint density at radius 3 is 3.10 bits per heavy atom. The molecule has 2 atom stereocenters. The van der Waals surface area contributed by atoms with E-state index < -0.39 is 0 Å². The topological polar surface area (TPSA) is 55.1 Å². The van der Waals surface area contributed by atoms with E-state index in [0.29, 0.717) is 10.9 Å². The van der Waals surface area contributed by atoms with Gasteiger partial charge in [-0.15, -0.1) is 0 Å². The molecule has 1 saturated carbocycles. The molecule has 2 heterocycles. The fraction of sp³-hybridized carbons (Fsp3) is 0.643. The van der Waals surface area contributed by atoms with Crippen LogP contribution in [0.1, 0.15) is 38.2 Å². The van der Waals surface area contributed by atoms with E-state index in [2.05, 4.69) is 27.3 Å². The first kappa shape index (κ1) is 13.6. The molecule has 6 heteroatoms. The molecule has 0 aromatic carbocycles. The molecule has 0 radical (unpaired) electrons. The Hall–Kier alpha value is -1.36. The maximum atomic E-state index is 6.16. The lowest BCUT2D eigenvalue weighted by molar-refractivity contribution is 0.293. The van der Waals surface area contributed by atoms with Gasteiger partial charge < -0.3 is 5.32 Å². The van der Waals surface area contributed by atoms with Crippen LogP contribution in [0.2, 0.25) is 5.15 Å². The molecular formula is C14H20ClN5. The second-order valence-corrected chi connectivity index (χ2v) is 6.22. The number of hydrogen-bond donors (Lipinski definition) is 1. The summed E-state index contributed by atoms with van der Waals surface area (Å²) in [5.74, 6) is 3.02. The fourth-order valence-electron chi connectivity index (χ4n) is 3.09. The highest BCUT2D eigenvalue weighted by Gasteiger charge is 2.20. The van der Waals surface area contributed by atoms with Crippen molar-refractivity contribution in [2.75, 3.05) is 11.9 Å². The quantitative estimate of drug-likeness (QED) is 0.882. The summed E-state index contributed by atoms with van der Waals surface area (Å²) in [5.41, 5.74) is 0.925. The van der Waals surface area contributed by atoms with E-state index in [4.69, 9.17) is 11.6 Å². The van der Waals surface area contributed by atoms with Gasteiger partial charge in [0.15, 0.2) is 0 Å². The Kier molecular flexibility index (Phi) is 3.78. The second kappa shape index (κ2) is 5.56. The van der Waals surface area contributed by atoms with Crippen molar-refractivity contribution in [3.63, 3.8) is 0 Å². The Balaban J connectivity index is 1.80. The van der Waals surface area contributed by atoms with Crippen LogP contribution in [-0.4, -0.2) is 26.1 Å². The molecule has 1 N–H and O–H groups in total. The normalized spacial score (nSPS) is 23.1. The number of rotatable bonds is 3. The predicted octanol–water partition coefficient (Wildman–Crippen LogP) is 3.32. The molecule has 20 heavy (non-hydrogen) atoms. The minimum Gasteiger partial charge on any atom is -0.369 e. The lowest BCUT2D eigenvalue weighted by Crippen LogP contribution is -2.22. The monoisotopic (exact) mass is 293 g/mol. The average molecular weight is 294 g/mol. The van der Waals surface area contributed by atoms with Crippen LogP contribution in [0.3, 0.4) is 0 Å². The van der Waals surface area contributed by atoms with Crippen molar-refractivity contribution >= 4 is 23.2 Å². The molecule has 108 valence electrons. The third-order valence-corrected chi connectivity index (χ3v) is 4.58. The van der Waals surface area contributed by atoms with Crippen molar-refractivity contribution in [2.24, 2.45) is 11.8 Å². The molecule has 0 saturated heterocycles. The van der Waals surface area contributed by atoms with Crippen molar-refractivity contribution in [1.29, 1.82) is 0 Å². The summed E-state index contributed by atoms with van der Waals surface area (Å²) in [6.07, 6.45) is 6.80. The first-order valence-corrected chi connectivity index (χ1v) is 7.62. The van der Waals surface area contributed by atoms with Crippen LogP contribution in [0.5, 0.6) is 0 Å². The maximum absolute atomic E-state index is 6.16. The number of aromatic nitrogens is 4. The number of hydrogen-bond acceptors (Lipinski definition) is 4. The molecule has 1 aliphatic carbocycles. The molecule has 2 aromatic heterocycles. The number of fused-ring (bicyclic) bond motifs is 1. The van der Waals surface area contributed by atoms with Gasteiger partial charge in [0.25, 0.3) is 5.78 Å². The standard InChI is InChI=1S/C14H20ClN5/c1-9-4-3-5-11(6-9)7-16-13-10(2)12(15)19-14-17-8-18-20(13)14/h8-9,11,16H,3-7H2,1-2H3. The van der Waals surface area contributed by atoms with E-state index in [1.807, 2.05) is 6.92 Å². The van der Waals surface area contributed by atoms with Crippen LogP contribution in [0.15, 0.2) is 6.33 Å². The van der Waals surface area contributed by atoms with Crippen LogP contribution < -0.4 is 5.32 Å². The Morgan fingerprint density at radius 1 is 1.45 bits per heavy atom.